The van der Waals surface area contributed by atoms with Crippen molar-refractivity contribution in [2.45, 2.75) is 39.7 Å². The molecular formula is C11H20BrN. The highest BCUT2D eigenvalue weighted by molar-refractivity contribution is 9.11. The van der Waals surface area contributed by atoms with Gasteiger partial charge in [-0.3, -0.25) is 4.90 Å². The van der Waals surface area contributed by atoms with Gasteiger partial charge in [0.1, 0.15) is 0 Å². The molecule has 0 aromatic heterocycles. The van der Waals surface area contributed by atoms with Crippen molar-refractivity contribution in [1.82, 2.24) is 4.90 Å². The number of hydrogen-bond acceptors (Lipinski definition) is 1. The maximum atomic E-state index is 3.91. The predicted octanol–water partition coefficient (Wildman–Crippen LogP) is 3.41. The highest BCUT2D eigenvalue weighted by atomic mass is 79.9. The van der Waals surface area contributed by atoms with Crippen molar-refractivity contribution in [2.24, 2.45) is 5.41 Å². The molecule has 0 bridgehead atoms. The van der Waals surface area contributed by atoms with Crippen molar-refractivity contribution in [3.8, 4) is 0 Å². The largest absolute Gasteiger partial charge is 0.295 e. The molecule has 1 fully saturated rings. The first-order valence-corrected chi connectivity index (χ1v) is 5.78. The van der Waals surface area contributed by atoms with Crippen molar-refractivity contribution in [3.63, 3.8) is 0 Å². The molecule has 0 radical (unpaired) electrons. The van der Waals surface area contributed by atoms with Gasteiger partial charge in [-0.25, -0.2) is 0 Å². The molecule has 0 aliphatic carbocycles. The van der Waals surface area contributed by atoms with Crippen molar-refractivity contribution in [3.05, 3.63) is 11.1 Å². The van der Waals surface area contributed by atoms with Gasteiger partial charge in [-0.2, -0.15) is 0 Å². The monoisotopic (exact) mass is 245 g/mol. The van der Waals surface area contributed by atoms with Crippen LogP contribution >= 0.6 is 15.9 Å². The number of hydrogen-bond donors (Lipinski definition) is 0. The molecule has 13 heavy (non-hydrogen) atoms. The third-order valence-electron chi connectivity index (χ3n) is 2.74. The summed E-state index contributed by atoms with van der Waals surface area (Å²) in [5.74, 6) is 0. The van der Waals surface area contributed by atoms with Crippen LogP contribution in [0.1, 0.15) is 33.6 Å². The minimum Gasteiger partial charge on any atom is -0.295 e. The van der Waals surface area contributed by atoms with E-state index in [1.165, 1.54) is 19.4 Å². The topological polar surface area (TPSA) is 3.24 Å². The van der Waals surface area contributed by atoms with E-state index < -0.39 is 0 Å². The molecule has 1 heterocycles. The Morgan fingerprint density at radius 2 is 2.15 bits per heavy atom. The van der Waals surface area contributed by atoms with E-state index in [0.29, 0.717) is 5.41 Å². The first kappa shape index (κ1) is 11.3. The summed E-state index contributed by atoms with van der Waals surface area (Å²) in [7, 11) is 0. The molecule has 0 aromatic rings. The number of nitrogens with zero attached hydrogens (tertiary/aromatic N) is 1. The highest BCUT2D eigenvalue weighted by Gasteiger charge is 2.33. The Morgan fingerprint density at radius 3 is 2.62 bits per heavy atom. The predicted molar refractivity (Wildman–Crippen MR) is 62.1 cm³/mol. The van der Waals surface area contributed by atoms with Crippen molar-refractivity contribution in [2.75, 3.05) is 13.1 Å². The fourth-order valence-electron chi connectivity index (χ4n) is 2.22. The quantitative estimate of drug-likeness (QED) is 0.721. The molecule has 0 saturated carbocycles. The van der Waals surface area contributed by atoms with E-state index in [1.807, 2.05) is 0 Å². The second kappa shape index (κ2) is 4.14. The summed E-state index contributed by atoms with van der Waals surface area (Å²) in [4.78, 5) is 2.54. The second-order valence-corrected chi connectivity index (χ2v) is 6.13. The lowest BCUT2D eigenvalue weighted by Gasteiger charge is -2.34. The average Bonchev–Trinajstić information content (AvgIpc) is 2.31. The molecule has 1 rings (SSSR count). The van der Waals surface area contributed by atoms with Crippen LogP contribution in [0.2, 0.25) is 0 Å². The maximum absolute atomic E-state index is 3.91. The molecule has 0 aromatic carbocycles. The molecule has 0 N–H and O–H groups in total. The molecule has 0 spiro atoms. The van der Waals surface area contributed by atoms with E-state index in [-0.39, 0.29) is 0 Å². The fraction of sp³-hybridized carbons (Fsp3) is 0.818. The van der Waals surface area contributed by atoms with Gasteiger partial charge in [0.05, 0.1) is 0 Å². The van der Waals surface area contributed by atoms with E-state index in [1.54, 1.807) is 0 Å². The summed E-state index contributed by atoms with van der Waals surface area (Å²) in [6.45, 7) is 13.1. The first-order chi connectivity index (χ1) is 5.91. The minimum atomic E-state index is 0.402. The lowest BCUT2D eigenvalue weighted by atomic mass is 9.85. The van der Waals surface area contributed by atoms with Gasteiger partial charge in [-0.1, -0.05) is 43.3 Å². The number of likely N-dealkylation sites (tertiary alicyclic amines) is 1. The Morgan fingerprint density at radius 1 is 1.54 bits per heavy atom. The Hall–Kier alpha value is 0.180. The van der Waals surface area contributed by atoms with Crippen LogP contribution in [0.3, 0.4) is 0 Å². The highest BCUT2D eigenvalue weighted by Crippen LogP contribution is 2.33. The molecule has 0 amide bonds. The van der Waals surface area contributed by atoms with Crippen LogP contribution in [-0.2, 0) is 0 Å². The summed E-state index contributed by atoms with van der Waals surface area (Å²) in [5.41, 5.74) is 0.402. The number of rotatable bonds is 2. The first-order valence-electron chi connectivity index (χ1n) is 4.98. The van der Waals surface area contributed by atoms with Gasteiger partial charge < -0.3 is 0 Å². The van der Waals surface area contributed by atoms with Crippen LogP contribution in [0.5, 0.6) is 0 Å². The van der Waals surface area contributed by atoms with Crippen LogP contribution in [0.4, 0.5) is 0 Å². The molecule has 1 nitrogen and oxygen atoms in total. The van der Waals surface area contributed by atoms with Crippen LogP contribution in [0.25, 0.3) is 0 Å². The Kier molecular flexibility index (Phi) is 3.58. The Bertz CT molecular complexity index is 193. The average molecular weight is 246 g/mol. The summed E-state index contributed by atoms with van der Waals surface area (Å²) in [6, 6.07) is 0.724. The van der Waals surface area contributed by atoms with Crippen molar-refractivity contribution >= 4 is 15.9 Å². The van der Waals surface area contributed by atoms with Crippen LogP contribution < -0.4 is 0 Å². The van der Waals surface area contributed by atoms with Gasteiger partial charge in [0.2, 0.25) is 0 Å². The standard InChI is InChI=1S/C11H20BrN/c1-9(12)8-13-7-5-6-10(13)11(2,3)4/h10H,1,5-8H2,2-4H3. The van der Waals surface area contributed by atoms with Crippen LogP contribution in [-0.4, -0.2) is 24.0 Å². The normalized spacial score (nSPS) is 25.1. The zero-order valence-corrected chi connectivity index (χ0v) is 10.5. The van der Waals surface area contributed by atoms with Gasteiger partial charge in [0.25, 0.3) is 0 Å². The SMILES string of the molecule is C=C(Br)CN1CCCC1C(C)(C)C. The van der Waals surface area contributed by atoms with E-state index in [4.69, 9.17) is 0 Å². The van der Waals surface area contributed by atoms with Crippen molar-refractivity contribution < 1.29 is 0 Å². The summed E-state index contributed by atoms with van der Waals surface area (Å²) >= 11 is 3.44. The van der Waals surface area contributed by atoms with Crippen molar-refractivity contribution in [1.29, 1.82) is 0 Å². The van der Waals surface area contributed by atoms with E-state index in [2.05, 4.69) is 48.2 Å². The Labute approximate surface area is 90.3 Å². The summed E-state index contributed by atoms with van der Waals surface area (Å²) < 4.78 is 1.10. The van der Waals surface area contributed by atoms with Gasteiger partial charge >= 0.3 is 0 Å². The summed E-state index contributed by atoms with van der Waals surface area (Å²) in [6.07, 6.45) is 2.67. The zero-order chi connectivity index (χ0) is 10.1. The molecular weight excluding hydrogens is 226 g/mol. The molecule has 1 unspecified atom stereocenters. The molecule has 1 atom stereocenters. The molecule has 1 aliphatic rings. The van der Waals surface area contributed by atoms with E-state index in [0.717, 1.165) is 17.1 Å². The Balaban J connectivity index is 2.59. The van der Waals surface area contributed by atoms with Crippen LogP contribution in [0, 0.1) is 5.41 Å². The van der Waals surface area contributed by atoms with Gasteiger partial charge in [-0.05, 0) is 24.8 Å². The van der Waals surface area contributed by atoms with E-state index >= 15 is 0 Å². The summed E-state index contributed by atoms with van der Waals surface area (Å²) in [5, 5.41) is 0. The fourth-order valence-corrected chi connectivity index (χ4v) is 2.54. The van der Waals surface area contributed by atoms with Gasteiger partial charge in [0, 0.05) is 17.1 Å². The molecule has 76 valence electrons. The smallest absolute Gasteiger partial charge is 0.0297 e. The lowest BCUT2D eigenvalue weighted by Crippen LogP contribution is -2.39. The maximum Gasteiger partial charge on any atom is 0.0297 e. The molecule has 2 heteroatoms. The molecule has 1 saturated heterocycles. The third-order valence-corrected chi connectivity index (χ3v) is 2.99. The van der Waals surface area contributed by atoms with Gasteiger partial charge in [-0.15, -0.1) is 0 Å². The second-order valence-electron chi connectivity index (χ2n) is 5.01. The van der Waals surface area contributed by atoms with Crippen LogP contribution in [0.15, 0.2) is 11.1 Å². The minimum absolute atomic E-state index is 0.402. The number of halogens is 1. The third kappa shape index (κ3) is 3.10. The molecule has 1 aliphatic heterocycles. The lowest BCUT2D eigenvalue weighted by molar-refractivity contribution is 0.153. The van der Waals surface area contributed by atoms with Gasteiger partial charge in [0.15, 0.2) is 0 Å². The zero-order valence-electron chi connectivity index (χ0n) is 8.94. The van der Waals surface area contributed by atoms with E-state index in [9.17, 15) is 0 Å².